The zero-order valence-electron chi connectivity index (χ0n) is 10.00. The highest BCUT2D eigenvalue weighted by Crippen LogP contribution is 2.09. The van der Waals surface area contributed by atoms with Crippen LogP contribution in [0.4, 0.5) is 0 Å². The van der Waals surface area contributed by atoms with Crippen molar-refractivity contribution in [2.45, 2.75) is 25.6 Å². The maximum atomic E-state index is 11.7. The number of hydrogen-bond acceptors (Lipinski definition) is 2. The quantitative estimate of drug-likeness (QED) is 0.789. The van der Waals surface area contributed by atoms with E-state index < -0.39 is 0 Å². The average Bonchev–Trinajstić information content (AvgIpc) is 2.25. The first-order valence-corrected chi connectivity index (χ1v) is 6.03. The van der Waals surface area contributed by atoms with Crippen LogP contribution in [0.3, 0.4) is 0 Å². The second-order valence-electron chi connectivity index (χ2n) is 4.38. The molecule has 1 rings (SSSR count). The summed E-state index contributed by atoms with van der Waals surface area (Å²) in [6.07, 6.45) is 2.29. The fourth-order valence-electron chi connectivity index (χ4n) is 1.49. The van der Waals surface area contributed by atoms with E-state index in [2.05, 4.69) is 24.1 Å². The fraction of sp³-hybridized carbons (Fsp3) is 0.500. The van der Waals surface area contributed by atoms with E-state index >= 15 is 0 Å². The number of carbonyl (C=O) groups excluding carboxylic acids is 1. The van der Waals surface area contributed by atoms with E-state index in [0.717, 1.165) is 6.42 Å². The van der Waals surface area contributed by atoms with Gasteiger partial charge in [-0.1, -0.05) is 13.8 Å². The van der Waals surface area contributed by atoms with Crippen molar-refractivity contribution in [2.24, 2.45) is 5.92 Å². The Balaban J connectivity index is 2.47. The maximum absolute atomic E-state index is 11.7. The minimum absolute atomic E-state index is 0.0825. The molecule has 1 atom stereocenters. The summed E-state index contributed by atoms with van der Waals surface area (Å²) in [6.45, 7) is 4.56. The van der Waals surface area contributed by atoms with Gasteiger partial charge < -0.3 is 10.3 Å². The number of amides is 1. The summed E-state index contributed by atoms with van der Waals surface area (Å²) in [5.41, 5.74) is 0.0596. The zero-order chi connectivity index (χ0) is 12.8. The van der Waals surface area contributed by atoms with Gasteiger partial charge in [0, 0.05) is 24.4 Å². The van der Waals surface area contributed by atoms with Crippen molar-refractivity contribution in [1.29, 1.82) is 0 Å². The van der Waals surface area contributed by atoms with Crippen molar-refractivity contribution < 1.29 is 4.79 Å². The van der Waals surface area contributed by atoms with Crippen molar-refractivity contribution in [3.8, 4) is 0 Å². The lowest BCUT2D eigenvalue weighted by Crippen LogP contribution is -2.31. The summed E-state index contributed by atoms with van der Waals surface area (Å²) >= 11 is 6.06. The normalized spacial score (nSPS) is 12.5. The van der Waals surface area contributed by atoms with Gasteiger partial charge in [0.25, 0.3) is 5.91 Å². The van der Waals surface area contributed by atoms with Crippen molar-refractivity contribution in [1.82, 2.24) is 10.3 Å². The van der Waals surface area contributed by atoms with Gasteiger partial charge in [-0.15, -0.1) is 11.6 Å². The molecule has 0 spiro atoms. The Hall–Kier alpha value is -1.29. The van der Waals surface area contributed by atoms with Gasteiger partial charge >= 0.3 is 0 Å². The van der Waals surface area contributed by atoms with Crippen LogP contribution in [0.2, 0.25) is 0 Å². The topological polar surface area (TPSA) is 62.0 Å². The number of pyridine rings is 1. The number of carbonyl (C=O) groups is 1. The van der Waals surface area contributed by atoms with Crippen LogP contribution < -0.4 is 10.9 Å². The molecular formula is C12H17ClN2O2. The Bertz CT molecular complexity index is 429. The molecule has 2 N–H and O–H groups in total. The number of H-pyrrole nitrogens is 1. The van der Waals surface area contributed by atoms with Gasteiger partial charge in [0.15, 0.2) is 0 Å². The van der Waals surface area contributed by atoms with Crippen LogP contribution in [0.15, 0.2) is 23.1 Å². The van der Waals surface area contributed by atoms with E-state index in [4.69, 9.17) is 11.6 Å². The first-order valence-electron chi connectivity index (χ1n) is 5.60. The molecule has 5 heteroatoms. The predicted molar refractivity (Wildman–Crippen MR) is 68.5 cm³/mol. The van der Waals surface area contributed by atoms with E-state index in [1.807, 2.05) is 0 Å². The van der Waals surface area contributed by atoms with Gasteiger partial charge in [-0.05, 0) is 18.4 Å². The minimum Gasteiger partial charge on any atom is -0.351 e. The molecule has 1 aromatic rings. The average molecular weight is 257 g/mol. The van der Waals surface area contributed by atoms with E-state index in [1.165, 1.54) is 12.3 Å². The van der Waals surface area contributed by atoms with Gasteiger partial charge in [-0.25, -0.2) is 0 Å². The van der Waals surface area contributed by atoms with Crippen LogP contribution in [-0.2, 0) is 0 Å². The number of nitrogens with one attached hydrogen (secondary N) is 2. The van der Waals surface area contributed by atoms with Crippen LogP contribution in [0.25, 0.3) is 0 Å². The minimum atomic E-state index is -0.290. The lowest BCUT2D eigenvalue weighted by atomic mass is 10.1. The molecule has 94 valence electrons. The van der Waals surface area contributed by atoms with E-state index in [1.54, 1.807) is 6.07 Å². The molecule has 0 saturated heterocycles. The Morgan fingerprint density at radius 1 is 1.53 bits per heavy atom. The lowest BCUT2D eigenvalue weighted by molar-refractivity contribution is 0.0952. The monoisotopic (exact) mass is 256 g/mol. The van der Waals surface area contributed by atoms with Crippen LogP contribution in [0.1, 0.15) is 30.6 Å². The number of aromatic amines is 1. The lowest BCUT2D eigenvalue weighted by Gasteiger charge is -2.12. The van der Waals surface area contributed by atoms with Gasteiger partial charge in [0.2, 0.25) is 5.56 Å². The van der Waals surface area contributed by atoms with E-state index in [0.29, 0.717) is 18.0 Å². The molecule has 0 aliphatic heterocycles. The molecule has 0 radical (unpaired) electrons. The van der Waals surface area contributed by atoms with Crippen LogP contribution in [-0.4, -0.2) is 22.8 Å². The largest absolute Gasteiger partial charge is 0.351 e. The summed E-state index contributed by atoms with van der Waals surface area (Å²) in [5.74, 6) is 0.222. The van der Waals surface area contributed by atoms with E-state index in [9.17, 15) is 9.59 Å². The molecule has 1 heterocycles. The third kappa shape index (κ3) is 5.04. The number of hydrogen-bond donors (Lipinski definition) is 2. The molecule has 0 aromatic carbocycles. The third-order valence-corrected chi connectivity index (χ3v) is 2.58. The Labute approximate surface area is 105 Å². The standard InChI is InChI=1S/C12H17ClN2O2/c1-8(2)5-10(13)7-15-12(17)9-3-4-14-11(16)6-9/h3-4,6,8,10H,5,7H2,1-2H3,(H,14,16)(H,15,17). The third-order valence-electron chi connectivity index (χ3n) is 2.25. The number of aromatic nitrogens is 1. The highest BCUT2D eigenvalue weighted by Gasteiger charge is 2.10. The summed E-state index contributed by atoms with van der Waals surface area (Å²) in [6, 6.07) is 2.82. The van der Waals surface area contributed by atoms with Crippen molar-refractivity contribution in [3.05, 3.63) is 34.2 Å². The summed E-state index contributed by atoms with van der Waals surface area (Å²) < 4.78 is 0. The van der Waals surface area contributed by atoms with Crippen molar-refractivity contribution >= 4 is 17.5 Å². The van der Waals surface area contributed by atoms with E-state index in [-0.39, 0.29) is 16.8 Å². The second kappa shape index (κ2) is 6.45. The molecule has 0 bridgehead atoms. The Morgan fingerprint density at radius 2 is 2.24 bits per heavy atom. The molecule has 17 heavy (non-hydrogen) atoms. The first kappa shape index (κ1) is 13.8. The van der Waals surface area contributed by atoms with Gasteiger partial charge in [-0.3, -0.25) is 9.59 Å². The van der Waals surface area contributed by atoms with Crippen LogP contribution in [0, 0.1) is 5.92 Å². The molecule has 1 amide bonds. The van der Waals surface area contributed by atoms with Gasteiger partial charge in [0.1, 0.15) is 0 Å². The molecule has 1 unspecified atom stereocenters. The maximum Gasteiger partial charge on any atom is 0.251 e. The van der Waals surface area contributed by atoms with Crippen LogP contribution in [0.5, 0.6) is 0 Å². The molecule has 4 nitrogen and oxygen atoms in total. The van der Waals surface area contributed by atoms with Crippen molar-refractivity contribution in [3.63, 3.8) is 0 Å². The smallest absolute Gasteiger partial charge is 0.251 e. The molecule has 0 fully saturated rings. The van der Waals surface area contributed by atoms with Gasteiger partial charge in [-0.2, -0.15) is 0 Å². The number of alkyl halides is 1. The fourth-order valence-corrected chi connectivity index (χ4v) is 1.92. The zero-order valence-corrected chi connectivity index (χ0v) is 10.8. The summed E-state index contributed by atoms with van der Waals surface area (Å²) in [4.78, 5) is 25.1. The Kier molecular flexibility index (Phi) is 5.22. The second-order valence-corrected chi connectivity index (χ2v) is 5.00. The Morgan fingerprint density at radius 3 is 2.82 bits per heavy atom. The SMILES string of the molecule is CC(C)CC(Cl)CNC(=O)c1cc[nH]c(=O)c1. The number of halogens is 1. The molecule has 0 aliphatic carbocycles. The first-order chi connectivity index (χ1) is 7.99. The summed E-state index contributed by atoms with van der Waals surface area (Å²) in [7, 11) is 0. The molecule has 0 aliphatic rings. The number of rotatable bonds is 5. The van der Waals surface area contributed by atoms with Crippen molar-refractivity contribution in [2.75, 3.05) is 6.54 Å². The summed E-state index contributed by atoms with van der Waals surface area (Å²) in [5, 5.41) is 2.63. The highest BCUT2D eigenvalue weighted by molar-refractivity contribution is 6.20. The van der Waals surface area contributed by atoms with Gasteiger partial charge in [0.05, 0.1) is 5.38 Å². The molecular weight excluding hydrogens is 240 g/mol. The predicted octanol–water partition coefficient (Wildman–Crippen LogP) is 1.76. The molecule has 1 aromatic heterocycles. The van der Waals surface area contributed by atoms with Crippen LogP contribution >= 0.6 is 11.6 Å². The highest BCUT2D eigenvalue weighted by atomic mass is 35.5. The molecule has 0 saturated carbocycles.